The number of aromatic nitrogens is 2. The molecule has 0 saturated heterocycles. The highest BCUT2D eigenvalue weighted by Gasteiger charge is 2.20. The third kappa shape index (κ3) is 2.79. The minimum absolute atomic E-state index is 0.185. The van der Waals surface area contributed by atoms with Gasteiger partial charge in [0.1, 0.15) is 6.20 Å². The summed E-state index contributed by atoms with van der Waals surface area (Å²) in [5, 5.41) is 11.0. The highest BCUT2D eigenvalue weighted by molar-refractivity contribution is 6.31. The van der Waals surface area contributed by atoms with Gasteiger partial charge in [-0.1, -0.05) is 23.7 Å². The quantitative estimate of drug-likeness (QED) is 0.490. The SMILES string of the molecule is CC(C(=O)c1cccc(Cl)c1)n1cnc([N+](=O)[O-])c1. The van der Waals surface area contributed by atoms with Crippen LogP contribution in [0.1, 0.15) is 23.3 Å². The highest BCUT2D eigenvalue weighted by Crippen LogP contribution is 2.19. The van der Waals surface area contributed by atoms with E-state index in [1.165, 1.54) is 17.1 Å². The van der Waals surface area contributed by atoms with Gasteiger partial charge in [0.05, 0.1) is 6.04 Å². The molecule has 0 N–H and O–H groups in total. The molecule has 1 aromatic heterocycles. The lowest BCUT2D eigenvalue weighted by atomic mass is 10.1. The molecule has 0 bridgehead atoms. The van der Waals surface area contributed by atoms with Crippen LogP contribution in [0.5, 0.6) is 0 Å². The molecule has 2 rings (SSSR count). The first-order valence-corrected chi connectivity index (χ1v) is 5.84. The van der Waals surface area contributed by atoms with E-state index in [1.54, 1.807) is 31.2 Å². The van der Waals surface area contributed by atoms with E-state index in [1.807, 2.05) is 0 Å². The molecule has 0 fully saturated rings. The molecule has 0 aliphatic rings. The number of hydrogen-bond donors (Lipinski definition) is 0. The minimum atomic E-state index is -0.604. The fourth-order valence-electron chi connectivity index (χ4n) is 1.65. The highest BCUT2D eigenvalue weighted by atomic mass is 35.5. The van der Waals surface area contributed by atoms with Crippen molar-refractivity contribution in [2.24, 2.45) is 0 Å². The molecular weight excluding hydrogens is 270 g/mol. The Hall–Kier alpha value is -2.21. The zero-order valence-electron chi connectivity index (χ0n) is 9.99. The average molecular weight is 280 g/mol. The Bertz CT molecular complexity index is 639. The Morgan fingerprint density at radius 1 is 1.53 bits per heavy atom. The first-order chi connectivity index (χ1) is 8.99. The normalized spacial score (nSPS) is 12.1. The summed E-state index contributed by atoms with van der Waals surface area (Å²) in [4.78, 5) is 25.8. The van der Waals surface area contributed by atoms with Gasteiger partial charge in [-0.05, 0) is 29.0 Å². The molecule has 0 spiro atoms. The third-order valence-corrected chi connectivity index (χ3v) is 2.95. The van der Waals surface area contributed by atoms with E-state index in [9.17, 15) is 14.9 Å². The van der Waals surface area contributed by atoms with Crippen LogP contribution in [0.3, 0.4) is 0 Å². The van der Waals surface area contributed by atoms with Gasteiger partial charge in [-0.15, -0.1) is 0 Å². The summed E-state index contributed by atoms with van der Waals surface area (Å²) in [6.07, 6.45) is 2.50. The molecule has 98 valence electrons. The molecule has 6 nitrogen and oxygen atoms in total. The second-order valence-corrected chi connectivity index (χ2v) is 4.42. The van der Waals surface area contributed by atoms with E-state index in [-0.39, 0.29) is 11.6 Å². The van der Waals surface area contributed by atoms with Crippen molar-refractivity contribution in [2.45, 2.75) is 13.0 Å². The van der Waals surface area contributed by atoms with Crippen LogP contribution in [0.2, 0.25) is 5.02 Å². The Labute approximate surface area is 113 Å². The van der Waals surface area contributed by atoms with Crippen LogP contribution >= 0.6 is 11.6 Å². The first kappa shape index (κ1) is 13.2. The lowest BCUT2D eigenvalue weighted by molar-refractivity contribution is -0.389. The Balaban J connectivity index is 2.25. The monoisotopic (exact) mass is 279 g/mol. The minimum Gasteiger partial charge on any atom is -0.358 e. The van der Waals surface area contributed by atoms with Crippen LogP contribution in [0.4, 0.5) is 5.82 Å². The standard InChI is InChI=1S/C12H10ClN3O3/c1-8(15-6-11(14-7-15)16(18)19)12(17)9-3-2-4-10(13)5-9/h2-8H,1H3. The Morgan fingerprint density at radius 2 is 2.26 bits per heavy atom. The summed E-state index contributed by atoms with van der Waals surface area (Å²) < 4.78 is 1.40. The van der Waals surface area contributed by atoms with Gasteiger partial charge in [-0.2, -0.15) is 0 Å². The summed E-state index contributed by atoms with van der Waals surface area (Å²) in [7, 11) is 0. The van der Waals surface area contributed by atoms with Gasteiger partial charge in [0.2, 0.25) is 6.33 Å². The van der Waals surface area contributed by atoms with E-state index in [2.05, 4.69) is 4.98 Å². The number of carbonyl (C=O) groups is 1. The van der Waals surface area contributed by atoms with Gasteiger partial charge >= 0.3 is 5.82 Å². The van der Waals surface area contributed by atoms with Crippen LogP contribution in [-0.4, -0.2) is 20.3 Å². The molecule has 0 aliphatic heterocycles. The van der Waals surface area contributed by atoms with E-state index < -0.39 is 11.0 Å². The van der Waals surface area contributed by atoms with Gasteiger partial charge in [-0.25, -0.2) is 0 Å². The van der Waals surface area contributed by atoms with E-state index in [0.29, 0.717) is 10.6 Å². The summed E-state index contributed by atoms with van der Waals surface area (Å²) >= 11 is 5.82. The van der Waals surface area contributed by atoms with Crippen molar-refractivity contribution < 1.29 is 9.72 Å². The number of benzene rings is 1. The first-order valence-electron chi connectivity index (χ1n) is 5.46. The van der Waals surface area contributed by atoms with E-state index >= 15 is 0 Å². The van der Waals surface area contributed by atoms with Gasteiger partial charge in [0, 0.05) is 10.6 Å². The topological polar surface area (TPSA) is 78.0 Å². The van der Waals surface area contributed by atoms with Crippen molar-refractivity contribution in [3.8, 4) is 0 Å². The number of nitrogens with zero attached hydrogens (tertiary/aromatic N) is 3. The summed E-state index contributed by atoms with van der Waals surface area (Å²) in [5.41, 5.74) is 0.455. The Morgan fingerprint density at radius 3 is 2.84 bits per heavy atom. The number of halogens is 1. The molecule has 1 heterocycles. The fraction of sp³-hybridized carbons (Fsp3) is 0.167. The molecule has 1 atom stereocenters. The molecule has 0 saturated carbocycles. The molecule has 0 radical (unpaired) electrons. The molecule has 0 amide bonds. The molecule has 1 unspecified atom stereocenters. The van der Waals surface area contributed by atoms with E-state index in [4.69, 9.17) is 11.6 Å². The fourth-order valence-corrected chi connectivity index (χ4v) is 1.84. The average Bonchev–Trinajstić information content (AvgIpc) is 2.86. The van der Waals surface area contributed by atoms with Crippen LogP contribution in [0.25, 0.3) is 0 Å². The van der Waals surface area contributed by atoms with Gasteiger partial charge in [0.25, 0.3) is 0 Å². The van der Waals surface area contributed by atoms with Gasteiger partial charge < -0.3 is 10.1 Å². The van der Waals surface area contributed by atoms with Crippen molar-refractivity contribution in [2.75, 3.05) is 0 Å². The Kier molecular flexibility index (Phi) is 3.62. The number of rotatable bonds is 4. The molecular formula is C12H10ClN3O3. The number of Topliss-reactive ketones (excluding diaryl/α,β-unsaturated/α-hetero) is 1. The molecule has 7 heteroatoms. The zero-order chi connectivity index (χ0) is 14.0. The maximum atomic E-state index is 12.2. The van der Waals surface area contributed by atoms with Gasteiger partial charge in [0.15, 0.2) is 5.78 Å². The van der Waals surface area contributed by atoms with Crippen molar-refractivity contribution in [3.63, 3.8) is 0 Å². The number of hydrogen-bond acceptors (Lipinski definition) is 4. The maximum Gasteiger partial charge on any atom is 0.381 e. The number of carbonyl (C=O) groups excluding carboxylic acids is 1. The number of imidazole rings is 1. The smallest absolute Gasteiger partial charge is 0.358 e. The predicted molar refractivity (Wildman–Crippen MR) is 69.4 cm³/mol. The molecule has 19 heavy (non-hydrogen) atoms. The second-order valence-electron chi connectivity index (χ2n) is 3.99. The lowest BCUT2D eigenvalue weighted by Gasteiger charge is -2.10. The largest absolute Gasteiger partial charge is 0.381 e. The van der Waals surface area contributed by atoms with E-state index in [0.717, 1.165) is 0 Å². The van der Waals surface area contributed by atoms with Crippen molar-refractivity contribution >= 4 is 23.2 Å². The lowest BCUT2D eigenvalue weighted by Crippen LogP contribution is -2.15. The molecule has 2 aromatic rings. The van der Waals surface area contributed by atoms with Gasteiger partial charge in [-0.3, -0.25) is 9.36 Å². The number of ketones is 1. The van der Waals surface area contributed by atoms with Crippen molar-refractivity contribution in [1.82, 2.24) is 9.55 Å². The molecule has 0 aliphatic carbocycles. The maximum absolute atomic E-state index is 12.2. The summed E-state index contributed by atoms with van der Waals surface area (Å²) in [6.45, 7) is 1.65. The van der Waals surface area contributed by atoms with Crippen LogP contribution in [0, 0.1) is 10.1 Å². The summed E-state index contributed by atoms with van der Waals surface area (Å²) in [6, 6.07) is 5.98. The second kappa shape index (κ2) is 5.19. The summed E-state index contributed by atoms with van der Waals surface area (Å²) in [5.74, 6) is -0.472. The molecule has 1 aromatic carbocycles. The zero-order valence-corrected chi connectivity index (χ0v) is 10.7. The number of nitro groups is 1. The van der Waals surface area contributed by atoms with Crippen molar-refractivity contribution in [1.29, 1.82) is 0 Å². The van der Waals surface area contributed by atoms with Crippen LogP contribution in [0.15, 0.2) is 36.8 Å². The third-order valence-electron chi connectivity index (χ3n) is 2.71. The van der Waals surface area contributed by atoms with Crippen LogP contribution < -0.4 is 0 Å². The van der Waals surface area contributed by atoms with Crippen molar-refractivity contribution in [3.05, 3.63) is 57.5 Å². The predicted octanol–water partition coefficient (Wildman–Crippen LogP) is 2.89. The van der Waals surface area contributed by atoms with Crippen LogP contribution in [-0.2, 0) is 0 Å².